The van der Waals surface area contributed by atoms with Crippen molar-refractivity contribution in [1.82, 2.24) is 20.4 Å². The molecule has 3 atom stereocenters. The molecule has 3 rings (SSSR count). The lowest BCUT2D eigenvalue weighted by Crippen LogP contribution is -2.61. The number of carbonyl (C=O) groups is 3. The second kappa shape index (κ2) is 14.9. The first-order chi connectivity index (χ1) is 19.1. The first kappa shape index (κ1) is 31.2. The number of carbonyl (C=O) groups excluding carboxylic acids is 3. The van der Waals surface area contributed by atoms with Crippen LogP contribution in [0.3, 0.4) is 0 Å². The number of hydrogen-bond acceptors (Lipinski definition) is 5. The van der Waals surface area contributed by atoms with Gasteiger partial charge in [-0.15, -0.1) is 0 Å². The Bertz CT molecular complexity index is 1160. The fraction of sp³-hybridized carbons (Fsp3) is 0.500. The summed E-state index contributed by atoms with van der Waals surface area (Å²) in [6.45, 7) is 6.84. The summed E-state index contributed by atoms with van der Waals surface area (Å²) in [7, 11) is 0. The topological polar surface area (TPSA) is 102 Å². The van der Waals surface area contributed by atoms with E-state index in [9.17, 15) is 28.3 Å². The van der Waals surface area contributed by atoms with E-state index in [0.29, 0.717) is 25.9 Å². The third kappa shape index (κ3) is 8.56. The number of aliphatic hydroxyl groups is 1. The molecule has 1 saturated heterocycles. The number of hydrogen-bond donors (Lipinski definition) is 3. The quantitative estimate of drug-likeness (QED) is 0.310. The molecule has 40 heavy (non-hydrogen) atoms. The number of nitrogens with zero attached hydrogens (tertiary/aromatic N) is 2. The zero-order valence-electron chi connectivity index (χ0n) is 23.5. The highest BCUT2D eigenvalue weighted by Crippen LogP contribution is 2.16. The smallest absolute Gasteiger partial charge is 0.312 e. The Balaban J connectivity index is 1.69. The lowest BCUT2D eigenvalue weighted by molar-refractivity contribution is -0.160. The van der Waals surface area contributed by atoms with Gasteiger partial charge in [0.05, 0.1) is 12.1 Å². The van der Waals surface area contributed by atoms with Crippen molar-refractivity contribution in [3.8, 4) is 0 Å². The van der Waals surface area contributed by atoms with E-state index < -0.39 is 41.5 Å². The van der Waals surface area contributed by atoms with Crippen LogP contribution < -0.4 is 10.6 Å². The van der Waals surface area contributed by atoms with Crippen molar-refractivity contribution in [3.05, 3.63) is 70.8 Å². The molecule has 2 aromatic rings. The molecule has 1 fully saturated rings. The van der Waals surface area contributed by atoms with Crippen molar-refractivity contribution >= 4 is 17.7 Å². The van der Waals surface area contributed by atoms with Crippen LogP contribution >= 0.6 is 0 Å². The van der Waals surface area contributed by atoms with Gasteiger partial charge < -0.3 is 25.5 Å². The first-order valence-electron chi connectivity index (χ1n) is 14.0. The molecular weight excluding hydrogens is 518 g/mol. The van der Waals surface area contributed by atoms with Crippen LogP contribution in [0.25, 0.3) is 0 Å². The van der Waals surface area contributed by atoms with Gasteiger partial charge in [-0.05, 0) is 54.5 Å². The summed E-state index contributed by atoms with van der Waals surface area (Å²) in [4.78, 5) is 41.2. The van der Waals surface area contributed by atoms with Gasteiger partial charge in [-0.1, -0.05) is 45.0 Å². The molecule has 0 unspecified atom stereocenters. The molecule has 0 radical (unpaired) electrons. The summed E-state index contributed by atoms with van der Waals surface area (Å²) in [5.41, 5.74) is 2.49. The largest absolute Gasteiger partial charge is 0.390 e. The Labute approximate surface area is 234 Å². The molecule has 1 heterocycles. The fourth-order valence-corrected chi connectivity index (χ4v) is 5.03. The van der Waals surface area contributed by atoms with E-state index in [4.69, 9.17) is 0 Å². The monoisotopic (exact) mass is 558 g/mol. The zero-order chi connectivity index (χ0) is 29.2. The highest BCUT2D eigenvalue weighted by atomic mass is 19.1. The second-order valence-electron chi connectivity index (χ2n) is 10.3. The van der Waals surface area contributed by atoms with E-state index in [0.717, 1.165) is 30.2 Å². The summed E-state index contributed by atoms with van der Waals surface area (Å²) >= 11 is 0. The van der Waals surface area contributed by atoms with E-state index in [-0.39, 0.29) is 37.7 Å². The van der Waals surface area contributed by atoms with Crippen molar-refractivity contribution < 1.29 is 28.3 Å². The zero-order valence-corrected chi connectivity index (χ0v) is 23.5. The molecule has 218 valence electrons. The third-order valence-electron chi connectivity index (χ3n) is 7.14. The minimum atomic E-state index is -1.10. The molecule has 2 aromatic carbocycles. The van der Waals surface area contributed by atoms with E-state index in [1.165, 1.54) is 10.5 Å². The Kier molecular flexibility index (Phi) is 11.6. The van der Waals surface area contributed by atoms with Crippen LogP contribution in [0.1, 0.15) is 50.3 Å². The minimum Gasteiger partial charge on any atom is -0.390 e. The molecule has 10 heteroatoms. The van der Waals surface area contributed by atoms with Gasteiger partial charge in [0.25, 0.3) is 0 Å². The average molecular weight is 559 g/mol. The molecule has 0 spiro atoms. The summed E-state index contributed by atoms with van der Waals surface area (Å²) in [6.07, 6.45) is 1.11. The van der Waals surface area contributed by atoms with Crippen LogP contribution in [0.15, 0.2) is 42.5 Å². The normalized spacial score (nSPS) is 17.2. The molecule has 3 N–H and O–H groups in total. The molecule has 1 aliphatic heterocycles. The number of aryl methyl sites for hydroxylation is 1. The van der Waals surface area contributed by atoms with Crippen LogP contribution in [0, 0.1) is 11.6 Å². The summed E-state index contributed by atoms with van der Waals surface area (Å²) in [5, 5.41) is 16.9. The number of amides is 3. The van der Waals surface area contributed by atoms with Gasteiger partial charge in [-0.2, -0.15) is 0 Å². The molecule has 0 aliphatic carbocycles. The Morgan fingerprint density at radius 2 is 1.73 bits per heavy atom. The number of nitrogens with one attached hydrogen (secondary N) is 2. The lowest BCUT2D eigenvalue weighted by atomic mass is 10.00. The van der Waals surface area contributed by atoms with Gasteiger partial charge in [0.2, 0.25) is 5.91 Å². The predicted octanol–water partition coefficient (Wildman–Crippen LogP) is 2.56. The highest BCUT2D eigenvalue weighted by molar-refractivity contribution is 6.35. The van der Waals surface area contributed by atoms with Gasteiger partial charge in [-0.3, -0.25) is 14.4 Å². The maximum Gasteiger partial charge on any atom is 0.312 e. The Morgan fingerprint density at radius 1 is 1.02 bits per heavy atom. The van der Waals surface area contributed by atoms with Crippen molar-refractivity contribution in [1.29, 1.82) is 0 Å². The molecule has 0 bridgehead atoms. The van der Waals surface area contributed by atoms with Crippen molar-refractivity contribution in [2.75, 3.05) is 26.2 Å². The first-order valence-corrected chi connectivity index (χ1v) is 14.0. The number of halogens is 2. The second-order valence-corrected chi connectivity index (χ2v) is 10.3. The summed E-state index contributed by atoms with van der Waals surface area (Å²) in [5.74, 6) is -3.47. The Hall–Kier alpha value is -3.37. The number of benzene rings is 2. The minimum absolute atomic E-state index is 0.0384. The maximum absolute atomic E-state index is 13.9. The molecule has 1 aliphatic rings. The van der Waals surface area contributed by atoms with E-state index in [1.807, 2.05) is 32.0 Å². The fourth-order valence-electron chi connectivity index (χ4n) is 5.03. The van der Waals surface area contributed by atoms with Gasteiger partial charge in [0.15, 0.2) is 0 Å². The molecule has 8 nitrogen and oxygen atoms in total. The highest BCUT2D eigenvalue weighted by Gasteiger charge is 2.38. The van der Waals surface area contributed by atoms with E-state index >= 15 is 0 Å². The number of piperazine rings is 1. The predicted molar refractivity (Wildman–Crippen MR) is 148 cm³/mol. The van der Waals surface area contributed by atoms with Crippen LogP contribution in [-0.4, -0.2) is 77.0 Å². The molecule has 3 amide bonds. The van der Waals surface area contributed by atoms with Crippen molar-refractivity contribution in [3.63, 3.8) is 0 Å². The van der Waals surface area contributed by atoms with Crippen LogP contribution in [0.2, 0.25) is 0 Å². The van der Waals surface area contributed by atoms with E-state index in [2.05, 4.69) is 23.6 Å². The average Bonchev–Trinajstić information content (AvgIpc) is 2.92. The van der Waals surface area contributed by atoms with Crippen LogP contribution in [0.4, 0.5) is 8.78 Å². The number of rotatable bonds is 14. The van der Waals surface area contributed by atoms with Gasteiger partial charge in [-0.25, -0.2) is 8.78 Å². The molecule has 0 aromatic heterocycles. The van der Waals surface area contributed by atoms with Gasteiger partial charge in [0, 0.05) is 38.3 Å². The van der Waals surface area contributed by atoms with Crippen molar-refractivity contribution in [2.45, 2.75) is 71.2 Å². The van der Waals surface area contributed by atoms with Gasteiger partial charge in [0.1, 0.15) is 18.2 Å². The lowest BCUT2D eigenvalue weighted by Gasteiger charge is -2.40. The van der Waals surface area contributed by atoms with Crippen LogP contribution in [0.5, 0.6) is 0 Å². The van der Waals surface area contributed by atoms with Gasteiger partial charge >= 0.3 is 11.8 Å². The SMILES string of the molecule is CCCN1C(=O)C(=O)N(CC(=O)N[C@@H](Cc2cc(F)cc(F)c2)[C@@H](O)CNCc2cccc(CC)c2)C[C@H]1CC. The molecule has 0 saturated carbocycles. The van der Waals surface area contributed by atoms with Crippen molar-refractivity contribution in [2.24, 2.45) is 0 Å². The maximum atomic E-state index is 13.9. The third-order valence-corrected chi connectivity index (χ3v) is 7.14. The number of aliphatic hydroxyl groups excluding tert-OH is 1. The standard InChI is InChI=1S/C30H40F2N4O4/c1-4-10-36-25(6-3)18-35(29(39)30(36)40)19-28(38)34-26(14-22-12-23(31)15-24(32)13-22)27(37)17-33-16-21-9-7-8-20(5-2)11-21/h7-9,11-13,15,25-27,33,37H,4-6,10,14,16-19H2,1-3H3,(H,34,38)/t25-,26+,27+/m1/s1. The summed E-state index contributed by atoms with van der Waals surface area (Å²) in [6, 6.07) is 10.00. The van der Waals surface area contributed by atoms with Crippen LogP contribution in [-0.2, 0) is 33.8 Å². The Morgan fingerprint density at radius 3 is 2.38 bits per heavy atom. The van der Waals surface area contributed by atoms with E-state index in [1.54, 1.807) is 4.90 Å². The molecular formula is C30H40F2N4O4. The summed E-state index contributed by atoms with van der Waals surface area (Å²) < 4.78 is 27.7.